The molecule has 2 rings (SSSR count). The van der Waals surface area contributed by atoms with Crippen molar-refractivity contribution in [2.75, 3.05) is 27.6 Å². The third-order valence-electron chi connectivity index (χ3n) is 5.69. The second kappa shape index (κ2) is 5.95. The molecule has 5 heteroatoms. The number of hydrogen-bond donors (Lipinski definition) is 0. The van der Waals surface area contributed by atoms with Crippen LogP contribution in [0.2, 0.25) is 0 Å². The van der Waals surface area contributed by atoms with Gasteiger partial charge in [-0.25, -0.2) is 0 Å². The van der Waals surface area contributed by atoms with E-state index in [9.17, 15) is 4.79 Å². The van der Waals surface area contributed by atoms with Gasteiger partial charge in [-0.3, -0.25) is 4.79 Å². The van der Waals surface area contributed by atoms with E-state index in [0.717, 1.165) is 6.42 Å². The SMILES string of the molecule is COCO[C@@H]1CO[C@](C)(OC)[C@]2(C)C[C@H](C)C(=O)[C@H](C)[C@@H]12. The fourth-order valence-electron chi connectivity index (χ4n) is 4.38. The average molecular weight is 300 g/mol. The Bertz CT molecular complexity index is 398. The lowest BCUT2D eigenvalue weighted by atomic mass is 9.53. The summed E-state index contributed by atoms with van der Waals surface area (Å²) in [5, 5.41) is 0. The Balaban J connectivity index is 2.38. The van der Waals surface area contributed by atoms with Crippen molar-refractivity contribution in [3.05, 3.63) is 0 Å². The van der Waals surface area contributed by atoms with Gasteiger partial charge in [0.2, 0.25) is 0 Å². The number of ketones is 1. The van der Waals surface area contributed by atoms with Gasteiger partial charge in [-0.2, -0.15) is 0 Å². The summed E-state index contributed by atoms with van der Waals surface area (Å²) in [4.78, 5) is 12.5. The first kappa shape index (κ1) is 16.9. The minimum Gasteiger partial charge on any atom is -0.359 e. The van der Waals surface area contributed by atoms with Gasteiger partial charge in [0, 0.05) is 37.4 Å². The Morgan fingerprint density at radius 1 is 1.29 bits per heavy atom. The van der Waals surface area contributed by atoms with Crippen molar-refractivity contribution in [1.82, 2.24) is 0 Å². The molecular formula is C16H28O5. The number of rotatable bonds is 4. The molecule has 0 radical (unpaired) electrons. The van der Waals surface area contributed by atoms with E-state index in [1.165, 1.54) is 0 Å². The van der Waals surface area contributed by atoms with Gasteiger partial charge in [0.1, 0.15) is 12.6 Å². The van der Waals surface area contributed by atoms with E-state index >= 15 is 0 Å². The Labute approximate surface area is 127 Å². The first-order valence-corrected chi connectivity index (χ1v) is 7.64. The van der Waals surface area contributed by atoms with Crippen LogP contribution in [-0.2, 0) is 23.7 Å². The van der Waals surface area contributed by atoms with Crippen molar-refractivity contribution in [1.29, 1.82) is 0 Å². The Morgan fingerprint density at radius 2 is 1.95 bits per heavy atom. The maximum Gasteiger partial charge on any atom is 0.170 e. The zero-order valence-corrected chi connectivity index (χ0v) is 14.0. The number of hydrogen-bond acceptors (Lipinski definition) is 5. The number of carbonyl (C=O) groups is 1. The average Bonchev–Trinajstić information content (AvgIpc) is 2.45. The van der Waals surface area contributed by atoms with Gasteiger partial charge in [0.05, 0.1) is 12.7 Å². The van der Waals surface area contributed by atoms with Crippen LogP contribution in [0.1, 0.15) is 34.1 Å². The molecule has 0 unspecified atom stereocenters. The highest BCUT2D eigenvalue weighted by Crippen LogP contribution is 2.57. The zero-order chi connectivity index (χ0) is 15.8. The predicted molar refractivity (Wildman–Crippen MR) is 77.7 cm³/mol. The quantitative estimate of drug-likeness (QED) is 0.745. The third kappa shape index (κ3) is 2.54. The van der Waals surface area contributed by atoms with Crippen LogP contribution in [0, 0.1) is 23.2 Å². The van der Waals surface area contributed by atoms with E-state index in [4.69, 9.17) is 18.9 Å². The summed E-state index contributed by atoms with van der Waals surface area (Å²) in [6.45, 7) is 8.76. The molecule has 1 aliphatic carbocycles. The fraction of sp³-hybridized carbons (Fsp3) is 0.938. The third-order valence-corrected chi connectivity index (χ3v) is 5.69. The molecule has 0 N–H and O–H groups in total. The highest BCUT2D eigenvalue weighted by Gasteiger charge is 2.62. The minimum atomic E-state index is -0.701. The summed E-state index contributed by atoms with van der Waals surface area (Å²) in [6.07, 6.45) is 0.600. The van der Waals surface area contributed by atoms with Crippen LogP contribution in [0.25, 0.3) is 0 Å². The summed E-state index contributed by atoms with van der Waals surface area (Å²) in [7, 11) is 3.27. The summed E-state index contributed by atoms with van der Waals surface area (Å²) < 4.78 is 22.6. The second-order valence-corrected chi connectivity index (χ2v) is 6.81. The zero-order valence-electron chi connectivity index (χ0n) is 14.0. The van der Waals surface area contributed by atoms with Crippen molar-refractivity contribution in [2.24, 2.45) is 23.2 Å². The predicted octanol–water partition coefficient (Wildman–Crippen LogP) is 2.24. The van der Waals surface area contributed by atoms with Gasteiger partial charge >= 0.3 is 0 Å². The Kier molecular flexibility index (Phi) is 4.78. The molecule has 1 aliphatic heterocycles. The molecule has 21 heavy (non-hydrogen) atoms. The van der Waals surface area contributed by atoms with Crippen molar-refractivity contribution in [2.45, 2.75) is 46.0 Å². The maximum absolute atomic E-state index is 12.5. The molecule has 0 aromatic rings. The first-order chi connectivity index (χ1) is 9.80. The summed E-state index contributed by atoms with van der Waals surface area (Å²) >= 11 is 0. The summed E-state index contributed by atoms with van der Waals surface area (Å²) in [6, 6.07) is 0. The molecule has 0 aromatic carbocycles. The number of fused-ring (bicyclic) bond motifs is 1. The lowest BCUT2D eigenvalue weighted by Gasteiger charge is -2.59. The smallest absolute Gasteiger partial charge is 0.170 e. The number of carbonyl (C=O) groups excluding carboxylic acids is 1. The normalized spacial score (nSPS) is 47.2. The monoisotopic (exact) mass is 300 g/mol. The maximum atomic E-state index is 12.5. The number of ether oxygens (including phenoxy) is 4. The molecule has 2 fully saturated rings. The lowest BCUT2D eigenvalue weighted by Crippen LogP contribution is -2.66. The van der Waals surface area contributed by atoms with Crippen LogP contribution < -0.4 is 0 Å². The van der Waals surface area contributed by atoms with Crippen LogP contribution >= 0.6 is 0 Å². The Hall–Kier alpha value is -0.490. The van der Waals surface area contributed by atoms with Crippen molar-refractivity contribution < 1.29 is 23.7 Å². The van der Waals surface area contributed by atoms with Gasteiger partial charge in [-0.05, 0) is 13.3 Å². The number of Topliss-reactive ketones (excluding diaryl/α,β-unsaturated/α-hetero) is 1. The molecule has 0 spiro atoms. The van der Waals surface area contributed by atoms with Gasteiger partial charge in [0.15, 0.2) is 5.79 Å². The highest BCUT2D eigenvalue weighted by atomic mass is 16.7. The molecule has 5 nitrogen and oxygen atoms in total. The molecule has 6 atom stereocenters. The van der Waals surface area contributed by atoms with E-state index < -0.39 is 5.79 Å². The molecule has 1 saturated heterocycles. The molecule has 0 aromatic heterocycles. The van der Waals surface area contributed by atoms with Gasteiger partial charge in [-0.1, -0.05) is 20.8 Å². The largest absolute Gasteiger partial charge is 0.359 e. The summed E-state index contributed by atoms with van der Waals surface area (Å²) in [5.41, 5.74) is -0.273. The molecule has 2 aliphatic rings. The van der Waals surface area contributed by atoms with Crippen molar-refractivity contribution >= 4 is 5.78 Å². The fourth-order valence-corrected chi connectivity index (χ4v) is 4.38. The number of methoxy groups -OCH3 is 2. The lowest BCUT2D eigenvalue weighted by molar-refractivity contribution is -0.350. The van der Waals surface area contributed by atoms with Crippen LogP contribution in [0.5, 0.6) is 0 Å². The molecular weight excluding hydrogens is 272 g/mol. The van der Waals surface area contributed by atoms with Crippen molar-refractivity contribution in [3.63, 3.8) is 0 Å². The van der Waals surface area contributed by atoms with Gasteiger partial charge in [0.25, 0.3) is 0 Å². The minimum absolute atomic E-state index is 0.0144. The standard InChI is InChI=1S/C16H28O5/c1-10-7-15(3)13(11(2)14(10)17)12(20-9-18-5)8-21-16(15,4)19-6/h10-13H,7-9H2,1-6H3/t10-,11+,12+,13-,15+,16-/m0/s1. The molecule has 122 valence electrons. The first-order valence-electron chi connectivity index (χ1n) is 7.64. The van der Waals surface area contributed by atoms with E-state index in [2.05, 4.69) is 6.92 Å². The molecule has 0 bridgehead atoms. The molecule has 1 saturated carbocycles. The van der Waals surface area contributed by atoms with Gasteiger partial charge in [-0.15, -0.1) is 0 Å². The van der Waals surface area contributed by atoms with E-state index in [-0.39, 0.29) is 36.1 Å². The van der Waals surface area contributed by atoms with Crippen LogP contribution in [0.3, 0.4) is 0 Å². The van der Waals surface area contributed by atoms with Crippen LogP contribution in [-0.4, -0.2) is 45.3 Å². The van der Waals surface area contributed by atoms with Gasteiger partial charge < -0.3 is 18.9 Å². The van der Waals surface area contributed by atoms with Crippen LogP contribution in [0.15, 0.2) is 0 Å². The van der Waals surface area contributed by atoms with E-state index in [1.807, 2.05) is 20.8 Å². The molecule has 0 amide bonds. The second-order valence-electron chi connectivity index (χ2n) is 6.81. The Morgan fingerprint density at radius 3 is 2.52 bits per heavy atom. The van der Waals surface area contributed by atoms with Crippen molar-refractivity contribution in [3.8, 4) is 0 Å². The topological polar surface area (TPSA) is 54.0 Å². The van der Waals surface area contributed by atoms with E-state index in [0.29, 0.717) is 12.4 Å². The van der Waals surface area contributed by atoms with E-state index in [1.54, 1.807) is 14.2 Å². The summed E-state index contributed by atoms with van der Waals surface area (Å²) in [5.74, 6) is -0.383. The molecule has 1 heterocycles. The highest BCUT2D eigenvalue weighted by molar-refractivity contribution is 5.84. The van der Waals surface area contributed by atoms with Crippen LogP contribution in [0.4, 0.5) is 0 Å².